The zero-order chi connectivity index (χ0) is 22.0. The largest absolute Gasteiger partial charge is 0.417 e. The van der Waals surface area contributed by atoms with Crippen LogP contribution in [-0.4, -0.2) is 90.0 Å². The first-order valence-electron chi connectivity index (χ1n) is 11.4. The Morgan fingerprint density at radius 2 is 1.77 bits per heavy atom. The number of nitrogens with zero attached hydrogens (tertiary/aromatic N) is 5. The molecule has 2 aliphatic heterocycles. The number of amides is 1. The van der Waals surface area contributed by atoms with Crippen molar-refractivity contribution in [3.8, 4) is 0 Å². The van der Waals surface area contributed by atoms with E-state index >= 15 is 0 Å². The second-order valence-corrected chi connectivity index (χ2v) is 9.02. The molecule has 31 heavy (non-hydrogen) atoms. The van der Waals surface area contributed by atoms with E-state index in [2.05, 4.69) is 21.7 Å². The molecule has 172 valence electrons. The normalized spacial score (nSPS) is 24.7. The SMILES string of the molecule is CC1CN(c2ccc(C(F)(F)F)cn2)CCN1CC(=O)N1CCN(C2CCCC2)CC1. The van der Waals surface area contributed by atoms with Gasteiger partial charge >= 0.3 is 6.18 Å². The molecule has 6 nitrogen and oxygen atoms in total. The first-order valence-corrected chi connectivity index (χ1v) is 11.4. The maximum Gasteiger partial charge on any atom is 0.417 e. The molecule has 0 spiro atoms. The molecule has 3 heterocycles. The quantitative estimate of drug-likeness (QED) is 0.722. The van der Waals surface area contributed by atoms with E-state index in [-0.39, 0.29) is 11.9 Å². The summed E-state index contributed by atoms with van der Waals surface area (Å²) in [6.45, 7) is 7.99. The third-order valence-electron chi connectivity index (χ3n) is 7.01. The van der Waals surface area contributed by atoms with Gasteiger partial charge in [-0.3, -0.25) is 14.6 Å². The molecular formula is C22H32F3N5O. The summed E-state index contributed by atoms with van der Waals surface area (Å²) in [5, 5.41) is 0. The van der Waals surface area contributed by atoms with Gasteiger partial charge < -0.3 is 9.80 Å². The first kappa shape index (κ1) is 22.3. The zero-order valence-electron chi connectivity index (χ0n) is 18.2. The van der Waals surface area contributed by atoms with Crippen LogP contribution >= 0.6 is 0 Å². The predicted octanol–water partition coefficient (Wildman–Crippen LogP) is 2.70. The molecule has 1 aromatic rings. The number of piperazine rings is 2. The second-order valence-electron chi connectivity index (χ2n) is 9.02. The number of hydrogen-bond donors (Lipinski definition) is 0. The molecule has 1 amide bonds. The maximum atomic E-state index is 12.9. The standard InChI is InChI=1S/C22H32F3N5O/c1-17-15-30(20-7-6-18(14-26-20)22(23,24)25)13-12-29(17)16-21(31)28-10-8-27(9-11-28)19-4-2-3-5-19/h6-7,14,17,19H,2-5,8-13,15-16H2,1H3. The van der Waals surface area contributed by atoms with Gasteiger partial charge in [-0.2, -0.15) is 13.2 Å². The van der Waals surface area contributed by atoms with Gasteiger partial charge in [0.2, 0.25) is 5.91 Å². The molecule has 1 atom stereocenters. The molecule has 1 aromatic heterocycles. The summed E-state index contributed by atoms with van der Waals surface area (Å²) in [6.07, 6.45) is 1.76. The number of halogens is 3. The highest BCUT2D eigenvalue weighted by atomic mass is 19.4. The molecule has 4 rings (SSSR count). The van der Waals surface area contributed by atoms with Crippen LogP contribution in [0, 0.1) is 0 Å². The van der Waals surface area contributed by atoms with E-state index in [1.165, 1.54) is 31.7 Å². The van der Waals surface area contributed by atoms with Crippen LogP contribution in [-0.2, 0) is 11.0 Å². The van der Waals surface area contributed by atoms with Gasteiger partial charge in [0.1, 0.15) is 5.82 Å². The Bertz CT molecular complexity index is 743. The van der Waals surface area contributed by atoms with E-state index in [0.29, 0.717) is 38.0 Å². The third-order valence-corrected chi connectivity index (χ3v) is 7.01. The number of aromatic nitrogens is 1. The van der Waals surface area contributed by atoms with E-state index in [4.69, 9.17) is 0 Å². The van der Waals surface area contributed by atoms with E-state index in [0.717, 1.165) is 38.4 Å². The summed E-state index contributed by atoms with van der Waals surface area (Å²) < 4.78 is 38.3. The Morgan fingerprint density at radius 3 is 2.35 bits per heavy atom. The predicted molar refractivity (Wildman–Crippen MR) is 113 cm³/mol. The highest BCUT2D eigenvalue weighted by Gasteiger charge is 2.33. The molecular weight excluding hydrogens is 407 g/mol. The number of carbonyl (C=O) groups excluding carboxylic acids is 1. The first-order chi connectivity index (χ1) is 14.8. The highest BCUT2D eigenvalue weighted by Crippen LogP contribution is 2.30. The van der Waals surface area contributed by atoms with E-state index in [9.17, 15) is 18.0 Å². The summed E-state index contributed by atoms with van der Waals surface area (Å²) in [5.74, 6) is 0.730. The Labute approximate surface area is 182 Å². The molecule has 0 radical (unpaired) electrons. The minimum absolute atomic E-state index is 0.126. The van der Waals surface area contributed by atoms with Gasteiger partial charge in [0.15, 0.2) is 0 Å². The number of rotatable bonds is 4. The van der Waals surface area contributed by atoms with Crippen LogP contribution in [0.1, 0.15) is 38.2 Å². The number of carbonyl (C=O) groups is 1. The van der Waals surface area contributed by atoms with E-state index in [1.54, 1.807) is 0 Å². The fraction of sp³-hybridized carbons (Fsp3) is 0.727. The van der Waals surface area contributed by atoms with Crippen molar-refractivity contribution < 1.29 is 18.0 Å². The number of alkyl halides is 3. The Balaban J connectivity index is 1.25. The molecule has 1 saturated carbocycles. The number of hydrogen-bond acceptors (Lipinski definition) is 5. The molecule has 2 saturated heterocycles. The van der Waals surface area contributed by atoms with Gasteiger partial charge in [-0.15, -0.1) is 0 Å². The minimum Gasteiger partial charge on any atom is -0.354 e. The van der Waals surface area contributed by atoms with E-state index in [1.807, 2.05) is 9.80 Å². The lowest BCUT2D eigenvalue weighted by molar-refractivity contribution is -0.138. The zero-order valence-corrected chi connectivity index (χ0v) is 18.2. The summed E-state index contributed by atoms with van der Waals surface area (Å²) in [4.78, 5) is 25.6. The fourth-order valence-corrected chi connectivity index (χ4v) is 5.06. The lowest BCUT2D eigenvalue weighted by atomic mass is 10.1. The van der Waals surface area contributed by atoms with Crippen molar-refractivity contribution in [2.45, 2.75) is 50.9 Å². The molecule has 1 aliphatic carbocycles. The van der Waals surface area contributed by atoms with E-state index < -0.39 is 11.7 Å². The summed E-state index contributed by atoms with van der Waals surface area (Å²) >= 11 is 0. The lowest BCUT2D eigenvalue weighted by Gasteiger charge is -2.42. The van der Waals surface area contributed by atoms with Crippen molar-refractivity contribution in [3.63, 3.8) is 0 Å². The topological polar surface area (TPSA) is 42.9 Å². The van der Waals surface area contributed by atoms with Crippen LogP contribution in [0.25, 0.3) is 0 Å². The van der Waals surface area contributed by atoms with Gasteiger partial charge in [0.25, 0.3) is 0 Å². The van der Waals surface area contributed by atoms with Crippen molar-refractivity contribution >= 4 is 11.7 Å². The van der Waals surface area contributed by atoms with Crippen LogP contribution in [0.4, 0.5) is 19.0 Å². The van der Waals surface area contributed by atoms with Gasteiger partial charge in [-0.25, -0.2) is 4.98 Å². The number of pyridine rings is 1. The van der Waals surface area contributed by atoms with Gasteiger partial charge in [0, 0.05) is 64.1 Å². The summed E-state index contributed by atoms with van der Waals surface area (Å²) in [7, 11) is 0. The molecule has 1 unspecified atom stereocenters. The highest BCUT2D eigenvalue weighted by molar-refractivity contribution is 5.78. The molecule has 3 aliphatic rings. The lowest BCUT2D eigenvalue weighted by Crippen LogP contribution is -2.57. The van der Waals surface area contributed by atoms with Crippen molar-refractivity contribution in [1.82, 2.24) is 19.7 Å². The molecule has 3 fully saturated rings. The van der Waals surface area contributed by atoms with Crippen molar-refractivity contribution in [1.29, 1.82) is 0 Å². The molecule has 9 heteroatoms. The monoisotopic (exact) mass is 439 g/mol. The van der Waals surface area contributed by atoms with Crippen LogP contribution in [0.3, 0.4) is 0 Å². The number of anilines is 1. The minimum atomic E-state index is -4.37. The van der Waals surface area contributed by atoms with Crippen LogP contribution < -0.4 is 4.90 Å². The Kier molecular flexibility index (Phi) is 6.71. The van der Waals surface area contributed by atoms with Crippen molar-refractivity contribution in [2.75, 3.05) is 57.3 Å². The summed E-state index contributed by atoms with van der Waals surface area (Å²) in [6, 6.07) is 3.35. The second kappa shape index (κ2) is 9.32. The van der Waals surface area contributed by atoms with Crippen molar-refractivity contribution in [2.24, 2.45) is 0 Å². The van der Waals surface area contributed by atoms with Crippen molar-refractivity contribution in [3.05, 3.63) is 23.9 Å². The van der Waals surface area contributed by atoms with Crippen LogP contribution in [0.15, 0.2) is 18.3 Å². The fourth-order valence-electron chi connectivity index (χ4n) is 5.06. The average Bonchev–Trinajstić information content (AvgIpc) is 3.30. The van der Waals surface area contributed by atoms with Crippen LogP contribution in [0.2, 0.25) is 0 Å². The Morgan fingerprint density at radius 1 is 1.06 bits per heavy atom. The maximum absolute atomic E-state index is 12.9. The summed E-state index contributed by atoms with van der Waals surface area (Å²) in [5.41, 5.74) is -0.735. The van der Waals surface area contributed by atoms with Gasteiger partial charge in [-0.05, 0) is 31.9 Å². The van der Waals surface area contributed by atoms with Gasteiger partial charge in [-0.1, -0.05) is 12.8 Å². The third kappa shape index (κ3) is 5.31. The van der Waals surface area contributed by atoms with Crippen LogP contribution in [0.5, 0.6) is 0 Å². The molecule has 0 bridgehead atoms. The molecule has 0 N–H and O–H groups in total. The van der Waals surface area contributed by atoms with Gasteiger partial charge in [0.05, 0.1) is 12.1 Å². The average molecular weight is 440 g/mol. The smallest absolute Gasteiger partial charge is 0.354 e. The molecule has 0 aromatic carbocycles. The Hall–Kier alpha value is -1.87.